The average Bonchev–Trinajstić information content (AvgIpc) is 3.10. The van der Waals surface area contributed by atoms with Crippen molar-refractivity contribution in [1.29, 1.82) is 0 Å². The number of hydrogen-bond acceptors (Lipinski definition) is 10. The summed E-state index contributed by atoms with van der Waals surface area (Å²) >= 11 is 0. The molecule has 0 atom stereocenters. The lowest BCUT2D eigenvalue weighted by atomic mass is 9.79. The molecule has 4 aromatic heterocycles. The monoisotopic (exact) mass is 692 g/mol. The standard InChI is InChI=1S/C36H46N4O6P2/c1-7-43-47(41,44-8-2)25-23-35(5)31-19-11-15-27(37-31)29-17-13-21-33(39-29)36(6,24-26-48(42,45-9-3)46-10-4)34-22-14-18-30(40-34)28-16-12-20-32(35)38-28/h11-22H,7-10,23-26H2,1-6H3. The van der Waals surface area contributed by atoms with Crippen molar-refractivity contribution >= 4 is 15.2 Å². The van der Waals surface area contributed by atoms with Crippen LogP contribution in [0.5, 0.6) is 0 Å². The second kappa shape index (κ2) is 15.2. The second-order valence-corrected chi connectivity index (χ2v) is 16.5. The van der Waals surface area contributed by atoms with E-state index in [1.54, 1.807) is 0 Å². The first-order valence-corrected chi connectivity index (χ1v) is 20.1. The molecule has 0 N–H and O–H groups in total. The fraction of sp³-hybridized carbons (Fsp3) is 0.444. The molecular weight excluding hydrogens is 646 g/mol. The summed E-state index contributed by atoms with van der Waals surface area (Å²) in [6.07, 6.45) is 1.21. The molecule has 12 heteroatoms. The number of nitrogens with zero attached hydrogens (tertiary/aromatic N) is 4. The predicted octanol–water partition coefficient (Wildman–Crippen LogP) is 8.84. The van der Waals surface area contributed by atoms with Gasteiger partial charge in [0, 0.05) is 0 Å². The van der Waals surface area contributed by atoms with Crippen LogP contribution in [0.1, 0.15) is 77.2 Å². The Morgan fingerprint density at radius 1 is 0.479 bits per heavy atom. The molecule has 4 aromatic rings. The minimum atomic E-state index is -3.36. The van der Waals surface area contributed by atoms with Crippen LogP contribution in [0.3, 0.4) is 0 Å². The van der Waals surface area contributed by atoms with Crippen molar-refractivity contribution in [3.63, 3.8) is 0 Å². The zero-order valence-corrected chi connectivity index (χ0v) is 30.5. The van der Waals surface area contributed by atoms with Crippen LogP contribution >= 0.6 is 15.2 Å². The molecule has 0 aliphatic carbocycles. The highest BCUT2D eigenvalue weighted by Gasteiger charge is 2.39. The number of aromatic nitrogens is 4. The van der Waals surface area contributed by atoms with Gasteiger partial charge in [-0.1, -0.05) is 24.3 Å². The fourth-order valence-corrected chi connectivity index (χ4v) is 9.84. The van der Waals surface area contributed by atoms with E-state index in [1.807, 2.05) is 100 Å². The molecule has 0 unspecified atom stereocenters. The Bertz CT molecular complexity index is 1580. The molecule has 256 valence electrons. The highest BCUT2D eigenvalue weighted by Crippen LogP contribution is 2.52. The van der Waals surface area contributed by atoms with Crippen molar-refractivity contribution in [2.24, 2.45) is 0 Å². The zero-order chi connectivity index (χ0) is 34.4. The van der Waals surface area contributed by atoms with Crippen LogP contribution in [-0.4, -0.2) is 58.7 Å². The molecule has 1 aliphatic heterocycles. The molecular formula is C36H46N4O6P2. The van der Waals surface area contributed by atoms with Crippen molar-refractivity contribution < 1.29 is 27.2 Å². The third-order valence-corrected chi connectivity index (χ3v) is 13.0. The van der Waals surface area contributed by atoms with Crippen molar-refractivity contribution in [3.8, 4) is 22.8 Å². The van der Waals surface area contributed by atoms with Gasteiger partial charge in [0.25, 0.3) is 0 Å². The topological polar surface area (TPSA) is 123 Å². The van der Waals surface area contributed by atoms with E-state index < -0.39 is 26.0 Å². The summed E-state index contributed by atoms with van der Waals surface area (Å²) in [5.41, 5.74) is 4.25. The fourth-order valence-electron chi connectivity index (χ4n) is 6.15. The van der Waals surface area contributed by atoms with E-state index in [4.69, 9.17) is 38.0 Å². The number of pyridine rings is 4. The largest absolute Gasteiger partial charge is 0.330 e. The molecule has 10 nitrogen and oxygen atoms in total. The van der Waals surface area contributed by atoms with Crippen LogP contribution < -0.4 is 0 Å². The van der Waals surface area contributed by atoms with Gasteiger partial charge in [-0.05, 0) is 103 Å². The van der Waals surface area contributed by atoms with E-state index in [-0.39, 0.29) is 38.8 Å². The van der Waals surface area contributed by atoms with E-state index in [2.05, 4.69) is 13.8 Å². The first-order valence-electron chi connectivity index (χ1n) is 16.7. The third kappa shape index (κ3) is 7.70. The number of rotatable bonds is 14. The van der Waals surface area contributed by atoms with Gasteiger partial charge in [0.15, 0.2) is 0 Å². The SMILES string of the molecule is CCOP(=O)(CCC1(C)c2cccc(n2)-c2cccc(n2)C(C)(CCP(=O)(OCC)OCC)c2cccc(n2)-c2cccc1n2)OCC. The number of fused-ring (bicyclic) bond motifs is 10. The molecule has 0 aromatic carbocycles. The lowest BCUT2D eigenvalue weighted by molar-refractivity contribution is 0.217. The summed E-state index contributed by atoms with van der Waals surface area (Å²) in [7, 11) is -6.71. The Labute approximate surface area is 284 Å². The van der Waals surface area contributed by atoms with Gasteiger partial charge in [-0.2, -0.15) is 0 Å². The Balaban J connectivity index is 1.70. The quantitative estimate of drug-likeness (QED) is 0.118. The summed E-state index contributed by atoms with van der Waals surface area (Å²) in [5.74, 6) is 0. The molecule has 5 rings (SSSR count). The highest BCUT2D eigenvalue weighted by atomic mass is 31.2. The lowest BCUT2D eigenvalue weighted by Gasteiger charge is -2.32. The normalized spacial score (nSPS) is 19.1. The van der Waals surface area contributed by atoms with Gasteiger partial charge in [0.1, 0.15) is 0 Å². The molecule has 0 spiro atoms. The molecule has 0 saturated heterocycles. The van der Waals surface area contributed by atoms with Crippen molar-refractivity contribution in [2.45, 2.75) is 65.2 Å². The molecule has 8 bridgehead atoms. The zero-order valence-electron chi connectivity index (χ0n) is 28.7. The van der Waals surface area contributed by atoms with Gasteiger partial charge in [0.2, 0.25) is 0 Å². The highest BCUT2D eigenvalue weighted by molar-refractivity contribution is 7.54. The summed E-state index contributed by atoms with van der Waals surface area (Å²) in [6, 6.07) is 23.5. The van der Waals surface area contributed by atoms with E-state index >= 15 is 0 Å². The van der Waals surface area contributed by atoms with Gasteiger partial charge in [-0.25, -0.2) is 0 Å². The smallest absolute Gasteiger partial charge is 0.309 e. The Morgan fingerprint density at radius 3 is 0.958 bits per heavy atom. The van der Waals surface area contributed by atoms with Crippen LogP contribution in [-0.2, 0) is 38.1 Å². The van der Waals surface area contributed by atoms with Crippen molar-refractivity contribution in [2.75, 3.05) is 38.8 Å². The molecule has 0 radical (unpaired) electrons. The molecule has 0 saturated carbocycles. The van der Waals surface area contributed by atoms with E-state index in [0.29, 0.717) is 35.6 Å². The minimum absolute atomic E-state index is 0.191. The van der Waals surface area contributed by atoms with Crippen molar-refractivity contribution in [3.05, 3.63) is 95.6 Å². The van der Waals surface area contributed by atoms with Crippen LogP contribution in [0.25, 0.3) is 22.8 Å². The van der Waals surface area contributed by atoms with Gasteiger partial charge in [-0.15, -0.1) is 0 Å². The first-order chi connectivity index (χ1) is 23.0. The summed E-state index contributed by atoms with van der Waals surface area (Å²) in [6.45, 7) is 12.5. The minimum Gasteiger partial charge on any atom is -0.309 e. The molecule has 5 heterocycles. The van der Waals surface area contributed by atoms with E-state index in [0.717, 1.165) is 22.8 Å². The van der Waals surface area contributed by atoms with Crippen LogP contribution in [0.2, 0.25) is 0 Å². The molecule has 48 heavy (non-hydrogen) atoms. The predicted molar refractivity (Wildman–Crippen MR) is 189 cm³/mol. The van der Waals surface area contributed by atoms with Crippen LogP contribution in [0.4, 0.5) is 0 Å². The Hall–Kier alpha value is -3.10. The molecule has 0 amide bonds. The maximum atomic E-state index is 13.7. The van der Waals surface area contributed by atoms with Crippen LogP contribution in [0, 0.1) is 0 Å². The second-order valence-electron chi connectivity index (χ2n) is 12.1. The maximum absolute atomic E-state index is 13.7. The Kier molecular flexibility index (Phi) is 11.5. The van der Waals surface area contributed by atoms with Gasteiger partial charge < -0.3 is 18.1 Å². The van der Waals surface area contributed by atoms with E-state index in [1.165, 1.54) is 0 Å². The maximum Gasteiger partial charge on any atom is 0.330 e. The molecule has 0 fully saturated rings. The van der Waals surface area contributed by atoms with Gasteiger partial charge in [0.05, 0.1) is 95.1 Å². The summed E-state index contributed by atoms with van der Waals surface area (Å²) in [5, 5.41) is 0. The first kappa shape index (κ1) is 36.2. The average molecular weight is 693 g/mol. The molecule has 1 aliphatic rings. The summed E-state index contributed by atoms with van der Waals surface area (Å²) in [4.78, 5) is 20.7. The van der Waals surface area contributed by atoms with Gasteiger partial charge in [-0.3, -0.25) is 29.1 Å². The van der Waals surface area contributed by atoms with Crippen LogP contribution in [0.15, 0.2) is 72.8 Å². The van der Waals surface area contributed by atoms with E-state index in [9.17, 15) is 9.13 Å². The van der Waals surface area contributed by atoms with Crippen molar-refractivity contribution in [1.82, 2.24) is 19.9 Å². The summed E-state index contributed by atoms with van der Waals surface area (Å²) < 4.78 is 50.0. The Morgan fingerprint density at radius 2 is 0.729 bits per heavy atom. The van der Waals surface area contributed by atoms with Gasteiger partial charge >= 0.3 is 15.2 Å². The lowest BCUT2D eigenvalue weighted by Crippen LogP contribution is -2.29. The number of hydrogen-bond donors (Lipinski definition) is 0. The third-order valence-electron chi connectivity index (χ3n) is 8.86.